The van der Waals surface area contributed by atoms with E-state index in [0.29, 0.717) is 18.0 Å². The first-order valence-corrected chi connectivity index (χ1v) is 3.61. The van der Waals surface area contributed by atoms with Gasteiger partial charge < -0.3 is 4.74 Å². The highest BCUT2D eigenvalue weighted by molar-refractivity contribution is 7.82. The van der Waals surface area contributed by atoms with E-state index in [-0.39, 0.29) is 0 Å². The van der Waals surface area contributed by atoms with Gasteiger partial charge in [-0.2, -0.15) is 0 Å². The van der Waals surface area contributed by atoms with Crippen LogP contribution in [0, 0.1) is 0 Å². The van der Waals surface area contributed by atoms with Crippen LogP contribution in [0.3, 0.4) is 0 Å². The Bertz CT molecular complexity index is 263. The largest absolute Gasteiger partial charge is 0.481 e. The van der Waals surface area contributed by atoms with E-state index >= 15 is 0 Å². The average Bonchev–Trinajstić information content (AvgIpc) is 2.17. The van der Waals surface area contributed by atoms with Crippen molar-refractivity contribution in [3.63, 3.8) is 0 Å². The second-order valence-corrected chi connectivity index (χ2v) is 2.44. The van der Waals surface area contributed by atoms with Gasteiger partial charge in [-0.1, -0.05) is 12.8 Å². The number of thiol groups is 1. The number of hydrogen-bond donors (Lipinski definition) is 1. The molecule has 0 N–H and O–H groups in total. The number of rotatable bonds is 3. The highest BCUT2D eigenvalue weighted by Crippen LogP contribution is 2.15. The average molecular weight is 184 g/mol. The zero-order chi connectivity index (χ0) is 8.97. The Hall–Kier alpha value is -1.23. The minimum absolute atomic E-state index is 0.506. The van der Waals surface area contributed by atoms with E-state index in [9.17, 15) is 4.79 Å². The summed E-state index contributed by atoms with van der Waals surface area (Å²) in [4.78, 5) is 14.1. The number of carbonyl (C=O) groups is 1. The van der Waals surface area contributed by atoms with Crippen molar-refractivity contribution in [2.45, 2.75) is 0 Å². The van der Waals surface area contributed by atoms with Crippen molar-refractivity contribution in [1.82, 2.24) is 4.98 Å². The maximum absolute atomic E-state index is 10.3. The zero-order valence-corrected chi connectivity index (χ0v) is 7.36. The van der Waals surface area contributed by atoms with E-state index < -0.39 is 0 Å². The predicted octanol–water partition coefficient (Wildman–Crippen LogP) is 0.898. The van der Waals surface area contributed by atoms with Gasteiger partial charge in [0, 0.05) is 6.07 Å². The molecule has 0 fully saturated rings. The van der Waals surface area contributed by atoms with Crippen molar-refractivity contribution < 1.29 is 9.53 Å². The van der Waals surface area contributed by atoms with Crippen LogP contribution in [0.15, 0.2) is 18.3 Å². The van der Waals surface area contributed by atoms with Crippen LogP contribution >= 0.6 is 12.8 Å². The van der Waals surface area contributed by atoms with Gasteiger partial charge in [-0.15, -0.1) is 0 Å². The molecule has 12 heavy (non-hydrogen) atoms. The van der Waals surface area contributed by atoms with Crippen molar-refractivity contribution >= 4 is 24.9 Å². The summed E-state index contributed by atoms with van der Waals surface area (Å²) in [6.45, 7) is 0. The van der Waals surface area contributed by atoms with Crippen LogP contribution < -0.4 is 9.04 Å². The number of methoxy groups -OCH3 is 1. The molecule has 0 aliphatic rings. The minimum atomic E-state index is 0.506. The molecule has 0 radical (unpaired) electrons. The predicted molar refractivity (Wildman–Crippen MR) is 48.3 cm³/mol. The molecule has 0 aliphatic carbocycles. The molecule has 1 aromatic heterocycles. The highest BCUT2D eigenvalue weighted by Gasteiger charge is 1.99. The van der Waals surface area contributed by atoms with Crippen molar-refractivity contribution in [2.24, 2.45) is 0 Å². The topological polar surface area (TPSA) is 42.4 Å². The number of aromatic nitrogens is 1. The number of hydrogen-bond acceptors (Lipinski definition) is 4. The lowest BCUT2D eigenvalue weighted by atomic mass is 10.4. The summed E-state index contributed by atoms with van der Waals surface area (Å²) in [7, 11) is 1.53. The molecule has 0 saturated heterocycles. The SMILES string of the molecule is COc1ccc(N(S)C=O)cn1. The summed E-state index contributed by atoms with van der Waals surface area (Å²) in [6, 6.07) is 3.34. The Morgan fingerprint density at radius 3 is 2.83 bits per heavy atom. The molecule has 5 heteroatoms. The lowest BCUT2D eigenvalue weighted by molar-refractivity contribution is -0.106. The quantitative estimate of drug-likeness (QED) is 0.560. The molecule has 0 unspecified atom stereocenters. The van der Waals surface area contributed by atoms with E-state index in [1.165, 1.54) is 13.3 Å². The van der Waals surface area contributed by atoms with Crippen molar-refractivity contribution in [3.8, 4) is 5.88 Å². The van der Waals surface area contributed by atoms with Gasteiger partial charge in [-0.05, 0) is 6.07 Å². The van der Waals surface area contributed by atoms with Crippen molar-refractivity contribution in [3.05, 3.63) is 18.3 Å². The standard InChI is InChI=1S/C7H8N2O2S/c1-11-7-3-2-6(4-8-7)9(12)5-10/h2-5,12H,1H3. The second-order valence-electron chi connectivity index (χ2n) is 2.01. The first-order valence-electron chi connectivity index (χ1n) is 3.21. The Labute approximate surface area is 75.7 Å². The summed E-state index contributed by atoms with van der Waals surface area (Å²) in [5.74, 6) is 0.506. The number of amides is 1. The number of anilines is 1. The fourth-order valence-electron chi connectivity index (χ4n) is 0.690. The van der Waals surface area contributed by atoms with Crippen LogP contribution in [0.4, 0.5) is 5.69 Å². The number of ether oxygens (including phenoxy) is 1. The second kappa shape index (κ2) is 3.96. The fourth-order valence-corrected chi connectivity index (χ4v) is 0.808. The van der Waals surface area contributed by atoms with Crippen LogP contribution in [0.25, 0.3) is 0 Å². The van der Waals surface area contributed by atoms with Gasteiger partial charge in [-0.3, -0.25) is 9.10 Å². The number of carbonyl (C=O) groups excluding carboxylic acids is 1. The van der Waals surface area contributed by atoms with Gasteiger partial charge in [0.15, 0.2) is 0 Å². The lowest BCUT2D eigenvalue weighted by Crippen LogP contribution is -2.06. The van der Waals surface area contributed by atoms with Crippen LogP contribution in [0.5, 0.6) is 5.88 Å². The Balaban J connectivity index is 2.84. The molecule has 0 aliphatic heterocycles. The highest BCUT2D eigenvalue weighted by atomic mass is 32.1. The molecule has 0 bridgehead atoms. The van der Waals surface area contributed by atoms with Crippen LogP contribution in [0.1, 0.15) is 0 Å². The van der Waals surface area contributed by atoms with Crippen LogP contribution in [-0.4, -0.2) is 18.5 Å². The van der Waals surface area contributed by atoms with E-state index in [2.05, 4.69) is 17.8 Å². The van der Waals surface area contributed by atoms with Gasteiger partial charge in [-0.25, -0.2) is 4.98 Å². The van der Waals surface area contributed by atoms with Gasteiger partial charge in [0.25, 0.3) is 0 Å². The molecule has 0 spiro atoms. The van der Waals surface area contributed by atoms with Gasteiger partial charge in [0.2, 0.25) is 12.3 Å². The number of pyridine rings is 1. The molecule has 1 aromatic rings. The third-order valence-corrected chi connectivity index (χ3v) is 1.62. The molecule has 1 rings (SSSR count). The summed E-state index contributed by atoms with van der Waals surface area (Å²) in [5.41, 5.74) is 0.606. The first kappa shape index (κ1) is 8.86. The van der Waals surface area contributed by atoms with Gasteiger partial charge in [0.1, 0.15) is 0 Å². The molecule has 0 saturated carbocycles. The maximum Gasteiger partial charge on any atom is 0.224 e. The molecule has 64 valence electrons. The molecular weight excluding hydrogens is 176 g/mol. The molecule has 1 heterocycles. The molecular formula is C7H8N2O2S. The Morgan fingerprint density at radius 1 is 1.67 bits per heavy atom. The van der Waals surface area contributed by atoms with Crippen molar-refractivity contribution in [2.75, 3.05) is 11.4 Å². The third kappa shape index (κ3) is 1.88. The molecule has 0 aromatic carbocycles. The smallest absolute Gasteiger partial charge is 0.224 e. The number of nitrogens with zero attached hydrogens (tertiary/aromatic N) is 2. The van der Waals surface area contributed by atoms with Crippen molar-refractivity contribution in [1.29, 1.82) is 0 Å². The summed E-state index contributed by atoms with van der Waals surface area (Å²) in [6.07, 6.45) is 2.09. The van der Waals surface area contributed by atoms with E-state index in [4.69, 9.17) is 4.74 Å². The monoisotopic (exact) mass is 184 g/mol. The summed E-state index contributed by atoms with van der Waals surface area (Å²) in [5, 5.41) is 0. The summed E-state index contributed by atoms with van der Waals surface area (Å²) < 4.78 is 5.97. The van der Waals surface area contributed by atoms with E-state index in [0.717, 1.165) is 4.31 Å². The zero-order valence-electron chi connectivity index (χ0n) is 6.47. The molecule has 0 atom stereocenters. The Morgan fingerprint density at radius 2 is 2.42 bits per heavy atom. The first-order chi connectivity index (χ1) is 5.77. The van der Waals surface area contributed by atoms with E-state index in [1.807, 2.05) is 0 Å². The lowest BCUT2D eigenvalue weighted by Gasteiger charge is -2.07. The third-order valence-electron chi connectivity index (χ3n) is 1.29. The van der Waals surface area contributed by atoms with E-state index in [1.54, 1.807) is 12.1 Å². The molecule has 4 nitrogen and oxygen atoms in total. The van der Waals surface area contributed by atoms with Gasteiger partial charge in [0.05, 0.1) is 19.0 Å². The normalized spacial score (nSPS) is 9.17. The molecule has 1 amide bonds. The minimum Gasteiger partial charge on any atom is -0.481 e. The summed E-state index contributed by atoms with van der Waals surface area (Å²) >= 11 is 3.87. The Kier molecular flexibility index (Phi) is 2.93. The van der Waals surface area contributed by atoms with Crippen LogP contribution in [0.2, 0.25) is 0 Å². The maximum atomic E-state index is 10.3. The fraction of sp³-hybridized carbons (Fsp3) is 0.143. The van der Waals surface area contributed by atoms with Gasteiger partial charge >= 0.3 is 0 Å². The van der Waals surface area contributed by atoms with Crippen LogP contribution in [-0.2, 0) is 4.79 Å².